The molecule has 0 aliphatic carbocycles. The molecule has 2 rings (SSSR count). The highest BCUT2D eigenvalue weighted by atomic mass is 14.1. The highest BCUT2D eigenvalue weighted by molar-refractivity contribution is 5.75. The summed E-state index contributed by atoms with van der Waals surface area (Å²) in [5.41, 5.74) is 9.99. The van der Waals surface area contributed by atoms with Gasteiger partial charge in [-0.25, -0.2) is 0 Å². The molecule has 22 heavy (non-hydrogen) atoms. The largest absolute Gasteiger partial charge is 0.0985 e. The predicted octanol–water partition coefficient (Wildman–Crippen LogP) is 6.38. The van der Waals surface area contributed by atoms with E-state index in [1.165, 1.54) is 44.5 Å². The summed E-state index contributed by atoms with van der Waals surface area (Å²) < 4.78 is 0. The summed E-state index contributed by atoms with van der Waals surface area (Å²) in [6.45, 7) is 16.3. The summed E-state index contributed by atoms with van der Waals surface area (Å²) in [6.07, 6.45) is 8.23. The smallest absolute Gasteiger partial charge is 0.0224 e. The third-order valence-corrected chi connectivity index (χ3v) is 4.19. The van der Waals surface area contributed by atoms with Crippen molar-refractivity contribution in [2.75, 3.05) is 0 Å². The molecule has 0 amide bonds. The average molecular weight is 288 g/mol. The molecule has 2 aromatic carbocycles. The SMILES string of the molecule is C=Cc1cc(C)c(/C=C/c2cc(C)c(C=C)cc2C)cc1C. The molecule has 0 heteroatoms. The molecule has 0 radical (unpaired) electrons. The van der Waals surface area contributed by atoms with Gasteiger partial charge in [-0.15, -0.1) is 0 Å². The molecular weight excluding hydrogens is 264 g/mol. The lowest BCUT2D eigenvalue weighted by Crippen LogP contribution is -1.89. The molecule has 0 aliphatic rings. The van der Waals surface area contributed by atoms with Crippen LogP contribution in [0.25, 0.3) is 24.3 Å². The van der Waals surface area contributed by atoms with Crippen LogP contribution in [0.3, 0.4) is 0 Å². The molecule has 0 atom stereocenters. The molecule has 0 saturated heterocycles. The minimum Gasteiger partial charge on any atom is -0.0985 e. The molecule has 0 N–H and O–H groups in total. The van der Waals surface area contributed by atoms with Gasteiger partial charge >= 0.3 is 0 Å². The molecular formula is C22H24. The number of hydrogen-bond donors (Lipinski definition) is 0. The van der Waals surface area contributed by atoms with Gasteiger partial charge in [-0.1, -0.05) is 61.7 Å². The lowest BCUT2D eigenvalue weighted by molar-refractivity contribution is 1.35. The molecule has 0 heterocycles. The van der Waals surface area contributed by atoms with Gasteiger partial charge in [0.15, 0.2) is 0 Å². The minimum atomic E-state index is 1.21. The number of aryl methyl sites for hydroxylation is 4. The second-order valence-corrected chi connectivity index (χ2v) is 5.87. The van der Waals surface area contributed by atoms with Crippen LogP contribution in [0, 0.1) is 27.7 Å². The zero-order valence-corrected chi connectivity index (χ0v) is 14.0. The van der Waals surface area contributed by atoms with E-state index in [4.69, 9.17) is 0 Å². The molecule has 0 fully saturated rings. The van der Waals surface area contributed by atoms with Crippen LogP contribution < -0.4 is 0 Å². The molecule has 0 spiro atoms. The minimum absolute atomic E-state index is 1.21. The van der Waals surface area contributed by atoms with Crippen LogP contribution in [0.2, 0.25) is 0 Å². The first-order chi connectivity index (χ1) is 10.5. The monoisotopic (exact) mass is 288 g/mol. The fourth-order valence-corrected chi connectivity index (χ4v) is 2.70. The molecule has 0 aromatic heterocycles. The molecule has 2 aromatic rings. The van der Waals surface area contributed by atoms with Crippen LogP contribution >= 0.6 is 0 Å². The van der Waals surface area contributed by atoms with Gasteiger partial charge in [0, 0.05) is 0 Å². The second-order valence-electron chi connectivity index (χ2n) is 5.87. The van der Waals surface area contributed by atoms with Gasteiger partial charge in [-0.2, -0.15) is 0 Å². The zero-order chi connectivity index (χ0) is 16.3. The summed E-state index contributed by atoms with van der Waals surface area (Å²) in [6, 6.07) is 8.84. The Kier molecular flexibility index (Phi) is 4.82. The molecule has 0 saturated carbocycles. The molecule has 0 bridgehead atoms. The first-order valence-electron chi connectivity index (χ1n) is 7.61. The summed E-state index contributed by atoms with van der Waals surface area (Å²) in [5, 5.41) is 0. The summed E-state index contributed by atoms with van der Waals surface area (Å²) in [5.74, 6) is 0. The van der Waals surface area contributed by atoms with Crippen LogP contribution in [-0.4, -0.2) is 0 Å². The molecule has 0 nitrogen and oxygen atoms in total. The zero-order valence-electron chi connectivity index (χ0n) is 14.0. The third kappa shape index (κ3) is 3.28. The Labute approximate surface area is 134 Å². The van der Waals surface area contributed by atoms with E-state index in [-0.39, 0.29) is 0 Å². The first kappa shape index (κ1) is 16.0. The van der Waals surface area contributed by atoms with Crippen molar-refractivity contribution in [3.05, 3.63) is 81.9 Å². The van der Waals surface area contributed by atoms with Crippen molar-refractivity contribution in [2.24, 2.45) is 0 Å². The second kappa shape index (κ2) is 6.62. The normalized spacial score (nSPS) is 10.9. The first-order valence-corrected chi connectivity index (χ1v) is 7.61. The van der Waals surface area contributed by atoms with Crippen LogP contribution in [0.5, 0.6) is 0 Å². The van der Waals surface area contributed by atoms with E-state index in [9.17, 15) is 0 Å². The van der Waals surface area contributed by atoms with E-state index in [0.29, 0.717) is 0 Å². The Morgan fingerprint density at radius 1 is 0.545 bits per heavy atom. The predicted molar refractivity (Wildman–Crippen MR) is 101 cm³/mol. The van der Waals surface area contributed by atoms with Crippen molar-refractivity contribution in [2.45, 2.75) is 27.7 Å². The van der Waals surface area contributed by atoms with Crippen molar-refractivity contribution < 1.29 is 0 Å². The van der Waals surface area contributed by atoms with E-state index < -0.39 is 0 Å². The van der Waals surface area contributed by atoms with Gasteiger partial charge in [0.2, 0.25) is 0 Å². The summed E-state index contributed by atoms with van der Waals surface area (Å²) in [4.78, 5) is 0. The Morgan fingerprint density at radius 3 is 1.14 bits per heavy atom. The average Bonchev–Trinajstić information content (AvgIpc) is 2.50. The van der Waals surface area contributed by atoms with Gasteiger partial charge in [0.1, 0.15) is 0 Å². The van der Waals surface area contributed by atoms with E-state index >= 15 is 0 Å². The van der Waals surface area contributed by atoms with Crippen molar-refractivity contribution in [3.8, 4) is 0 Å². The maximum atomic E-state index is 3.87. The lowest BCUT2D eigenvalue weighted by atomic mass is 9.97. The fourth-order valence-electron chi connectivity index (χ4n) is 2.70. The molecule has 112 valence electrons. The van der Waals surface area contributed by atoms with Gasteiger partial charge in [-0.3, -0.25) is 0 Å². The lowest BCUT2D eigenvalue weighted by Gasteiger charge is -2.09. The maximum absolute atomic E-state index is 3.87. The van der Waals surface area contributed by atoms with Crippen LogP contribution in [0.15, 0.2) is 37.4 Å². The van der Waals surface area contributed by atoms with E-state index in [1.807, 2.05) is 12.2 Å². The van der Waals surface area contributed by atoms with Crippen molar-refractivity contribution >= 4 is 24.3 Å². The third-order valence-electron chi connectivity index (χ3n) is 4.19. The summed E-state index contributed by atoms with van der Waals surface area (Å²) >= 11 is 0. The standard InChI is InChI=1S/C22H24/c1-7-19-11-17(5)21(13-15(19)3)9-10-22-14-16(4)20(8-2)12-18(22)6/h7-14H,1-2H2,3-6H3/b10-9+. The van der Waals surface area contributed by atoms with Crippen molar-refractivity contribution in [1.82, 2.24) is 0 Å². The van der Waals surface area contributed by atoms with Crippen LogP contribution in [0.1, 0.15) is 44.5 Å². The molecule has 0 aliphatic heterocycles. The quantitative estimate of drug-likeness (QED) is 0.573. The van der Waals surface area contributed by atoms with E-state index in [2.05, 4.69) is 77.3 Å². The maximum Gasteiger partial charge on any atom is -0.0224 e. The van der Waals surface area contributed by atoms with E-state index in [0.717, 1.165) is 0 Å². The van der Waals surface area contributed by atoms with Gasteiger partial charge < -0.3 is 0 Å². The number of benzene rings is 2. The van der Waals surface area contributed by atoms with Gasteiger partial charge in [-0.05, 0) is 72.2 Å². The highest BCUT2D eigenvalue weighted by Crippen LogP contribution is 2.22. The topological polar surface area (TPSA) is 0 Å². The summed E-state index contributed by atoms with van der Waals surface area (Å²) in [7, 11) is 0. The van der Waals surface area contributed by atoms with Gasteiger partial charge in [0.25, 0.3) is 0 Å². The Bertz CT molecular complexity index is 693. The van der Waals surface area contributed by atoms with Crippen molar-refractivity contribution in [1.29, 1.82) is 0 Å². The van der Waals surface area contributed by atoms with Gasteiger partial charge in [0.05, 0.1) is 0 Å². The fraction of sp³-hybridized carbons (Fsp3) is 0.182. The molecule has 0 unspecified atom stereocenters. The number of hydrogen-bond acceptors (Lipinski definition) is 0. The Balaban J connectivity index is 2.41. The Morgan fingerprint density at radius 2 is 0.818 bits per heavy atom. The van der Waals surface area contributed by atoms with Crippen LogP contribution in [0.4, 0.5) is 0 Å². The van der Waals surface area contributed by atoms with Crippen molar-refractivity contribution in [3.63, 3.8) is 0 Å². The Hall–Kier alpha value is -2.34. The highest BCUT2D eigenvalue weighted by Gasteiger charge is 2.02. The number of rotatable bonds is 4. The van der Waals surface area contributed by atoms with Crippen LogP contribution in [-0.2, 0) is 0 Å². The van der Waals surface area contributed by atoms with E-state index in [1.54, 1.807) is 0 Å².